The smallest absolute Gasteiger partial charge is 0.280 e. The van der Waals surface area contributed by atoms with E-state index in [2.05, 4.69) is 30.9 Å². The maximum atomic E-state index is 11.8. The predicted molar refractivity (Wildman–Crippen MR) is 73.3 cm³/mol. The molecule has 1 aliphatic heterocycles. The molecule has 114 valence electrons. The number of aliphatic hydroxyl groups is 3. The van der Waals surface area contributed by atoms with Gasteiger partial charge in [0, 0.05) is 0 Å². The molecule has 2 aromatic rings. The molecule has 1 aliphatic rings. The highest BCUT2D eigenvalue weighted by atomic mass is 79.9. The van der Waals surface area contributed by atoms with E-state index in [9.17, 15) is 15.0 Å². The van der Waals surface area contributed by atoms with Gasteiger partial charge in [0.25, 0.3) is 5.56 Å². The minimum atomic E-state index is -1.32. The van der Waals surface area contributed by atoms with Gasteiger partial charge < -0.3 is 25.8 Å². The Morgan fingerprint density at radius 2 is 2.10 bits per heavy atom. The van der Waals surface area contributed by atoms with Gasteiger partial charge in [0.2, 0.25) is 5.95 Å². The summed E-state index contributed by atoms with van der Waals surface area (Å²) in [6.45, 7) is -0.463. The molecule has 2 aromatic heterocycles. The van der Waals surface area contributed by atoms with E-state index in [1.165, 1.54) is 4.57 Å². The first-order valence-corrected chi connectivity index (χ1v) is 6.79. The molecule has 11 heteroatoms. The molecular formula is C10H12BrN5O5. The molecule has 10 nitrogen and oxygen atoms in total. The number of aromatic amines is 1. The first-order valence-electron chi connectivity index (χ1n) is 5.99. The second-order valence-corrected chi connectivity index (χ2v) is 5.31. The summed E-state index contributed by atoms with van der Waals surface area (Å²) in [7, 11) is 0. The number of fused-ring (bicyclic) bond motifs is 1. The molecule has 0 saturated carbocycles. The van der Waals surface area contributed by atoms with Crippen LogP contribution < -0.4 is 11.3 Å². The van der Waals surface area contributed by atoms with Crippen LogP contribution in [0.1, 0.15) is 6.23 Å². The van der Waals surface area contributed by atoms with E-state index in [1.54, 1.807) is 0 Å². The minimum Gasteiger partial charge on any atom is -0.394 e. The molecular weight excluding hydrogens is 350 g/mol. The van der Waals surface area contributed by atoms with Crippen LogP contribution >= 0.6 is 15.9 Å². The van der Waals surface area contributed by atoms with Crippen LogP contribution in [0.2, 0.25) is 0 Å². The molecule has 0 spiro atoms. The molecule has 0 radical (unpaired) electrons. The van der Waals surface area contributed by atoms with Crippen LogP contribution in [0, 0.1) is 0 Å². The second-order valence-electron chi connectivity index (χ2n) is 4.60. The van der Waals surface area contributed by atoms with E-state index in [4.69, 9.17) is 15.6 Å². The van der Waals surface area contributed by atoms with E-state index in [0.717, 1.165) is 0 Å². The van der Waals surface area contributed by atoms with Crippen LogP contribution in [0.5, 0.6) is 0 Å². The average Bonchev–Trinajstić information content (AvgIpc) is 2.89. The van der Waals surface area contributed by atoms with Crippen LogP contribution in [-0.2, 0) is 4.74 Å². The summed E-state index contributed by atoms with van der Waals surface area (Å²) in [5.41, 5.74) is 5.07. The number of aromatic nitrogens is 4. The van der Waals surface area contributed by atoms with Gasteiger partial charge in [0.15, 0.2) is 22.1 Å². The Kier molecular flexibility index (Phi) is 3.45. The molecule has 6 N–H and O–H groups in total. The monoisotopic (exact) mass is 361 g/mol. The first-order chi connectivity index (χ1) is 9.93. The highest BCUT2D eigenvalue weighted by molar-refractivity contribution is 9.10. The fourth-order valence-electron chi connectivity index (χ4n) is 2.29. The van der Waals surface area contributed by atoms with Crippen molar-refractivity contribution in [1.82, 2.24) is 19.5 Å². The summed E-state index contributed by atoms with van der Waals surface area (Å²) in [5, 5.41) is 29.0. The van der Waals surface area contributed by atoms with Crippen molar-refractivity contribution >= 4 is 33.0 Å². The third kappa shape index (κ3) is 2.13. The maximum Gasteiger partial charge on any atom is 0.280 e. The number of hydrogen-bond acceptors (Lipinski definition) is 8. The van der Waals surface area contributed by atoms with E-state index in [-0.39, 0.29) is 21.8 Å². The number of rotatable bonds is 2. The predicted octanol–water partition coefficient (Wildman–Crippen LogP) is -1.92. The lowest BCUT2D eigenvalue weighted by atomic mass is 10.1. The number of hydrogen-bond donors (Lipinski definition) is 5. The van der Waals surface area contributed by atoms with Gasteiger partial charge in [-0.2, -0.15) is 4.98 Å². The average molecular weight is 362 g/mol. The largest absolute Gasteiger partial charge is 0.394 e. The molecule has 3 heterocycles. The lowest BCUT2D eigenvalue weighted by Crippen LogP contribution is -2.33. The number of H-pyrrole nitrogens is 1. The Bertz CT molecular complexity index is 745. The molecule has 1 fully saturated rings. The number of anilines is 1. The zero-order valence-electron chi connectivity index (χ0n) is 10.5. The fourth-order valence-corrected chi connectivity index (χ4v) is 2.84. The molecule has 0 amide bonds. The van der Waals surface area contributed by atoms with Gasteiger partial charge in [-0.1, -0.05) is 0 Å². The summed E-state index contributed by atoms with van der Waals surface area (Å²) < 4.78 is 6.87. The Morgan fingerprint density at radius 1 is 1.38 bits per heavy atom. The fraction of sp³-hybridized carbons (Fsp3) is 0.500. The van der Waals surface area contributed by atoms with E-state index < -0.39 is 36.7 Å². The van der Waals surface area contributed by atoms with Crippen molar-refractivity contribution in [3.05, 3.63) is 15.1 Å². The standard InChI is InChI=1S/C10H12BrN5O5/c11-9-13-3-6(14-10(12)15-7(3)20)16(9)8-5(19)4(18)2(1-17)21-8/h2,4-5,8,17-19H,1H2,(H3,12,14,15,20)/t2-,4+,5-,8-/m0/s1. The van der Waals surface area contributed by atoms with Gasteiger partial charge in [0.1, 0.15) is 18.3 Å². The van der Waals surface area contributed by atoms with Crippen molar-refractivity contribution in [3.8, 4) is 0 Å². The highest BCUT2D eigenvalue weighted by Gasteiger charge is 2.44. The van der Waals surface area contributed by atoms with Crippen LogP contribution in [0.15, 0.2) is 9.53 Å². The Morgan fingerprint density at radius 3 is 2.71 bits per heavy atom. The Hall–Kier alpha value is -1.53. The Labute approximate surface area is 125 Å². The molecule has 0 bridgehead atoms. The van der Waals surface area contributed by atoms with Crippen molar-refractivity contribution in [2.24, 2.45) is 0 Å². The summed E-state index contributed by atoms with van der Waals surface area (Å²) in [5.74, 6) is -0.118. The van der Waals surface area contributed by atoms with Crippen LogP contribution in [0.25, 0.3) is 11.2 Å². The summed E-state index contributed by atoms with van der Waals surface area (Å²) >= 11 is 3.15. The topological polar surface area (TPSA) is 160 Å². The van der Waals surface area contributed by atoms with Crippen LogP contribution in [-0.4, -0.2) is 59.8 Å². The van der Waals surface area contributed by atoms with E-state index in [1.807, 2.05) is 0 Å². The summed E-state index contributed by atoms with van der Waals surface area (Å²) in [6.07, 6.45) is -4.61. The zero-order chi connectivity index (χ0) is 15.3. The lowest BCUT2D eigenvalue weighted by molar-refractivity contribution is -0.0521. The van der Waals surface area contributed by atoms with Gasteiger partial charge in [-0.3, -0.25) is 14.3 Å². The van der Waals surface area contributed by atoms with Gasteiger partial charge in [-0.05, 0) is 15.9 Å². The van der Waals surface area contributed by atoms with Crippen molar-refractivity contribution in [2.75, 3.05) is 12.3 Å². The van der Waals surface area contributed by atoms with Crippen molar-refractivity contribution in [1.29, 1.82) is 0 Å². The van der Waals surface area contributed by atoms with Gasteiger partial charge >= 0.3 is 0 Å². The molecule has 1 saturated heterocycles. The quantitative estimate of drug-likeness (QED) is 0.387. The molecule has 0 aliphatic carbocycles. The summed E-state index contributed by atoms with van der Waals surface area (Å²) in [4.78, 5) is 22.0. The number of halogens is 1. The number of nitrogens with one attached hydrogen (secondary N) is 1. The third-order valence-corrected chi connectivity index (χ3v) is 3.86. The summed E-state index contributed by atoms with van der Waals surface area (Å²) in [6, 6.07) is 0. The van der Waals surface area contributed by atoms with Gasteiger partial charge in [-0.25, -0.2) is 4.98 Å². The van der Waals surface area contributed by atoms with Gasteiger partial charge in [-0.15, -0.1) is 0 Å². The first kappa shape index (κ1) is 14.4. The minimum absolute atomic E-state index is 0.00816. The zero-order valence-corrected chi connectivity index (χ0v) is 12.1. The molecule has 0 unspecified atom stereocenters. The number of aliphatic hydroxyl groups excluding tert-OH is 3. The molecule has 0 aromatic carbocycles. The molecule has 3 rings (SSSR count). The number of nitrogen functional groups attached to an aromatic ring is 1. The van der Waals surface area contributed by atoms with Crippen molar-refractivity contribution < 1.29 is 20.1 Å². The lowest BCUT2D eigenvalue weighted by Gasteiger charge is -2.17. The Balaban J connectivity index is 2.17. The van der Waals surface area contributed by atoms with Crippen LogP contribution in [0.3, 0.4) is 0 Å². The van der Waals surface area contributed by atoms with E-state index >= 15 is 0 Å². The number of ether oxygens (including phenoxy) is 1. The van der Waals surface area contributed by atoms with Crippen LogP contribution in [0.4, 0.5) is 5.95 Å². The third-order valence-electron chi connectivity index (χ3n) is 3.30. The number of nitrogens with two attached hydrogens (primary N) is 1. The maximum absolute atomic E-state index is 11.8. The van der Waals surface area contributed by atoms with Gasteiger partial charge in [0.05, 0.1) is 6.61 Å². The SMILES string of the molecule is Nc1nc2c(nc(Br)n2[C@H]2O[C@@H](CO)[C@@H](O)[C@@H]2O)c(=O)[nH]1. The highest BCUT2D eigenvalue weighted by Crippen LogP contribution is 2.33. The molecule has 4 atom stereocenters. The number of nitrogens with zero attached hydrogens (tertiary/aromatic N) is 3. The molecule has 21 heavy (non-hydrogen) atoms. The normalized spacial score (nSPS) is 29.3. The second kappa shape index (κ2) is 5.03. The van der Waals surface area contributed by atoms with Crippen molar-refractivity contribution in [2.45, 2.75) is 24.5 Å². The van der Waals surface area contributed by atoms with E-state index in [0.29, 0.717) is 0 Å². The van der Waals surface area contributed by atoms with Crippen molar-refractivity contribution in [3.63, 3.8) is 0 Å². The number of imidazole rings is 1.